The van der Waals surface area contributed by atoms with Crippen LogP contribution in [-0.4, -0.2) is 53.6 Å². The number of amidine groups is 1. The molecule has 2 atom stereocenters. The lowest BCUT2D eigenvalue weighted by Gasteiger charge is -2.33. The molecule has 2 aromatic carbocycles. The first-order chi connectivity index (χ1) is 16.0. The fourth-order valence-electron chi connectivity index (χ4n) is 3.16. The molecule has 2 rings (SSSR count). The van der Waals surface area contributed by atoms with E-state index >= 15 is 0 Å². The second-order valence-electron chi connectivity index (χ2n) is 7.25. The standard InChI is InChI=1S/C23H29N5O5/c24-21(25)19(15-29)20(22(30)33-18-11-5-2-6-12-18)28(14-8-7-13-27-26)23(31)32-16-17-9-3-1-4-10-17/h1-6,9-12,19-20,26,29H,7-8,13-16H2,(H3,24,25)/t19?,20-/m0/s1. The van der Waals surface area contributed by atoms with Crippen molar-refractivity contribution in [2.24, 2.45) is 16.8 Å². The second kappa shape index (κ2) is 13.6. The van der Waals surface area contributed by atoms with Crippen molar-refractivity contribution < 1.29 is 24.2 Å². The van der Waals surface area contributed by atoms with E-state index in [0.717, 1.165) is 10.5 Å². The molecule has 0 saturated heterocycles. The van der Waals surface area contributed by atoms with Gasteiger partial charge < -0.3 is 20.3 Å². The van der Waals surface area contributed by atoms with Crippen molar-refractivity contribution in [2.75, 3.05) is 19.7 Å². The Balaban J connectivity index is 2.30. The number of nitrogens with zero attached hydrogens (tertiary/aromatic N) is 2. The number of hydrogen-bond donors (Lipinski definition) is 4. The lowest BCUT2D eigenvalue weighted by atomic mass is 9.97. The normalized spacial score (nSPS) is 12.3. The van der Waals surface area contributed by atoms with Crippen LogP contribution in [0.25, 0.3) is 0 Å². The van der Waals surface area contributed by atoms with E-state index in [9.17, 15) is 14.7 Å². The van der Waals surface area contributed by atoms with Gasteiger partial charge in [0.15, 0.2) is 0 Å². The Morgan fingerprint density at radius 1 is 1.06 bits per heavy atom. The summed E-state index contributed by atoms with van der Waals surface area (Å²) in [5.41, 5.74) is 13.3. The lowest BCUT2D eigenvalue weighted by Crippen LogP contribution is -2.55. The number of nitrogens with one attached hydrogen (secondary N) is 2. The summed E-state index contributed by atoms with van der Waals surface area (Å²) in [5, 5.41) is 21.0. The average molecular weight is 456 g/mol. The van der Waals surface area contributed by atoms with Crippen LogP contribution in [0.3, 0.4) is 0 Å². The molecule has 0 fully saturated rings. The van der Waals surface area contributed by atoms with E-state index in [4.69, 9.17) is 26.1 Å². The molecule has 176 valence electrons. The molecule has 0 aliphatic carbocycles. The van der Waals surface area contributed by atoms with E-state index < -0.39 is 36.5 Å². The molecule has 0 aliphatic rings. The summed E-state index contributed by atoms with van der Waals surface area (Å²) >= 11 is 0. The van der Waals surface area contributed by atoms with Crippen molar-refractivity contribution >= 4 is 17.9 Å². The predicted molar refractivity (Wildman–Crippen MR) is 121 cm³/mol. The first-order valence-corrected chi connectivity index (χ1v) is 10.5. The molecular formula is C23H29N5O5. The molecule has 0 heterocycles. The van der Waals surface area contributed by atoms with Gasteiger partial charge in [-0.3, -0.25) is 10.3 Å². The Hall–Kier alpha value is -3.79. The van der Waals surface area contributed by atoms with Gasteiger partial charge in [0.25, 0.3) is 0 Å². The number of para-hydroxylation sites is 1. The topological polar surface area (TPSA) is 162 Å². The number of rotatable bonds is 13. The van der Waals surface area contributed by atoms with E-state index in [-0.39, 0.29) is 25.4 Å². The van der Waals surface area contributed by atoms with Crippen LogP contribution in [0.15, 0.2) is 65.8 Å². The summed E-state index contributed by atoms with van der Waals surface area (Å²) < 4.78 is 10.9. The van der Waals surface area contributed by atoms with Gasteiger partial charge in [-0.1, -0.05) is 48.5 Å². The number of carbonyl (C=O) groups excluding carboxylic acids is 2. The molecule has 10 nitrogen and oxygen atoms in total. The first-order valence-electron chi connectivity index (χ1n) is 10.5. The van der Waals surface area contributed by atoms with Gasteiger partial charge in [0, 0.05) is 6.54 Å². The van der Waals surface area contributed by atoms with Crippen molar-refractivity contribution in [3.8, 4) is 5.75 Å². The molecule has 10 heteroatoms. The summed E-state index contributed by atoms with van der Waals surface area (Å²) in [6.45, 7) is -0.347. The quantitative estimate of drug-likeness (QED) is 0.0906. The number of aliphatic hydroxyl groups is 1. The van der Waals surface area contributed by atoms with E-state index in [0.29, 0.717) is 12.8 Å². The van der Waals surface area contributed by atoms with Crippen LogP contribution < -0.4 is 10.5 Å². The third-order valence-electron chi connectivity index (χ3n) is 4.87. The Labute approximate surface area is 192 Å². The molecule has 0 saturated carbocycles. The fourth-order valence-corrected chi connectivity index (χ4v) is 3.16. The summed E-state index contributed by atoms with van der Waals surface area (Å²) in [6.07, 6.45) is 0.0981. The van der Waals surface area contributed by atoms with Crippen LogP contribution >= 0.6 is 0 Å². The van der Waals surface area contributed by atoms with E-state index in [1.807, 2.05) is 18.2 Å². The maximum Gasteiger partial charge on any atom is 0.410 e. The SMILES string of the molecule is N=NCCCCN(C(=O)OCc1ccccc1)[C@H](C(=O)Oc1ccccc1)C(CO)C(=N)N. The maximum absolute atomic E-state index is 13.1. The highest BCUT2D eigenvalue weighted by Crippen LogP contribution is 2.19. The molecule has 0 radical (unpaired) electrons. The van der Waals surface area contributed by atoms with E-state index in [2.05, 4.69) is 5.11 Å². The number of esters is 1. The van der Waals surface area contributed by atoms with Gasteiger partial charge in [0.1, 0.15) is 18.4 Å². The van der Waals surface area contributed by atoms with Crippen molar-refractivity contribution in [1.29, 1.82) is 10.9 Å². The van der Waals surface area contributed by atoms with Crippen LogP contribution in [0.1, 0.15) is 18.4 Å². The number of nitrogens with two attached hydrogens (primary N) is 1. The van der Waals surface area contributed by atoms with E-state index in [1.54, 1.807) is 42.5 Å². The molecule has 0 spiro atoms. The summed E-state index contributed by atoms with van der Waals surface area (Å²) in [4.78, 5) is 27.3. The minimum absolute atomic E-state index is 0.0253. The smallest absolute Gasteiger partial charge is 0.410 e. The zero-order chi connectivity index (χ0) is 24.1. The summed E-state index contributed by atoms with van der Waals surface area (Å²) in [5.74, 6) is -2.25. The Kier molecular flexibility index (Phi) is 10.5. The van der Waals surface area contributed by atoms with Crippen molar-refractivity contribution in [3.63, 3.8) is 0 Å². The van der Waals surface area contributed by atoms with Gasteiger partial charge in [-0.15, -0.1) is 0 Å². The highest BCUT2D eigenvalue weighted by atomic mass is 16.6. The second-order valence-corrected chi connectivity index (χ2v) is 7.25. The van der Waals surface area contributed by atoms with Crippen LogP contribution in [0, 0.1) is 16.9 Å². The zero-order valence-corrected chi connectivity index (χ0v) is 18.2. The van der Waals surface area contributed by atoms with Crippen LogP contribution in [0.5, 0.6) is 5.75 Å². The predicted octanol–water partition coefficient (Wildman–Crippen LogP) is 2.96. The molecule has 5 N–H and O–H groups in total. The van der Waals surface area contributed by atoms with Crippen LogP contribution in [-0.2, 0) is 16.1 Å². The number of hydrogen-bond acceptors (Lipinski definition) is 8. The number of unbranched alkanes of at least 4 members (excludes halogenated alkanes) is 1. The fraction of sp³-hybridized carbons (Fsp3) is 0.348. The van der Waals surface area contributed by atoms with Gasteiger partial charge in [0.2, 0.25) is 0 Å². The molecule has 2 aromatic rings. The van der Waals surface area contributed by atoms with Gasteiger partial charge >= 0.3 is 12.1 Å². The highest BCUT2D eigenvalue weighted by molar-refractivity contribution is 5.91. The largest absolute Gasteiger partial charge is 0.445 e. The number of ether oxygens (including phenoxy) is 2. The van der Waals surface area contributed by atoms with Crippen molar-refractivity contribution in [2.45, 2.75) is 25.5 Å². The Morgan fingerprint density at radius 2 is 1.70 bits per heavy atom. The van der Waals surface area contributed by atoms with Gasteiger partial charge in [0.05, 0.1) is 24.9 Å². The summed E-state index contributed by atoms with van der Waals surface area (Å²) in [6, 6.07) is 15.9. The monoisotopic (exact) mass is 455 g/mol. The molecule has 33 heavy (non-hydrogen) atoms. The molecule has 0 bridgehead atoms. The highest BCUT2D eigenvalue weighted by Gasteiger charge is 2.40. The average Bonchev–Trinajstić information content (AvgIpc) is 2.82. The minimum atomic E-state index is -1.39. The number of benzene rings is 2. The molecule has 0 aliphatic heterocycles. The van der Waals surface area contributed by atoms with Crippen LogP contribution in [0.4, 0.5) is 4.79 Å². The number of aliphatic hydroxyl groups excluding tert-OH is 1. The zero-order valence-electron chi connectivity index (χ0n) is 18.2. The minimum Gasteiger partial charge on any atom is -0.445 e. The Bertz CT molecular complexity index is 910. The van der Waals surface area contributed by atoms with Crippen LogP contribution in [0.2, 0.25) is 0 Å². The third kappa shape index (κ3) is 8.00. The number of carbonyl (C=O) groups is 2. The van der Waals surface area contributed by atoms with E-state index in [1.165, 1.54) is 0 Å². The third-order valence-corrected chi connectivity index (χ3v) is 4.87. The summed E-state index contributed by atoms with van der Waals surface area (Å²) in [7, 11) is 0. The Morgan fingerprint density at radius 3 is 2.27 bits per heavy atom. The molecular weight excluding hydrogens is 426 g/mol. The maximum atomic E-state index is 13.1. The van der Waals surface area contributed by atoms with Gasteiger partial charge in [-0.2, -0.15) is 5.11 Å². The van der Waals surface area contributed by atoms with Gasteiger partial charge in [-0.25, -0.2) is 15.1 Å². The van der Waals surface area contributed by atoms with Crippen molar-refractivity contribution in [3.05, 3.63) is 66.2 Å². The molecule has 1 unspecified atom stereocenters. The van der Waals surface area contributed by atoms with Crippen molar-refractivity contribution in [1.82, 2.24) is 4.90 Å². The molecule has 1 amide bonds. The first kappa shape index (κ1) is 25.5. The lowest BCUT2D eigenvalue weighted by molar-refractivity contribution is -0.141. The molecule has 0 aromatic heterocycles. The number of amides is 1. The van der Waals surface area contributed by atoms with Gasteiger partial charge in [-0.05, 0) is 30.5 Å².